The SMILES string of the molecule is COc1cc(CNC(Cc2c[nH]c3ccccc23)C(=O)O)ccc1OCc1ccc(F)cc1Cl. The number of aromatic nitrogens is 1. The van der Waals surface area contributed by atoms with Crippen molar-refractivity contribution in [2.75, 3.05) is 7.11 Å². The molecule has 0 saturated heterocycles. The van der Waals surface area contributed by atoms with Gasteiger partial charge in [-0.2, -0.15) is 0 Å². The van der Waals surface area contributed by atoms with E-state index in [1.54, 1.807) is 18.2 Å². The van der Waals surface area contributed by atoms with Crippen molar-refractivity contribution in [1.82, 2.24) is 10.3 Å². The molecular weight excluding hydrogens is 459 g/mol. The minimum Gasteiger partial charge on any atom is -0.493 e. The number of H-pyrrole nitrogens is 1. The first-order valence-electron chi connectivity index (χ1n) is 10.7. The number of carboxylic acids is 1. The number of carbonyl (C=O) groups is 1. The molecule has 0 bridgehead atoms. The molecule has 4 rings (SSSR count). The second-order valence-corrected chi connectivity index (χ2v) is 8.25. The molecule has 1 aromatic heterocycles. The molecule has 3 aromatic carbocycles. The molecule has 1 unspecified atom stereocenters. The molecule has 6 nitrogen and oxygen atoms in total. The normalized spacial score (nSPS) is 12.0. The molecule has 0 aliphatic rings. The van der Waals surface area contributed by atoms with E-state index in [1.165, 1.54) is 19.2 Å². The molecule has 34 heavy (non-hydrogen) atoms. The second-order valence-electron chi connectivity index (χ2n) is 7.84. The first-order valence-corrected chi connectivity index (χ1v) is 11.1. The average Bonchev–Trinajstić information content (AvgIpc) is 3.24. The van der Waals surface area contributed by atoms with Gasteiger partial charge < -0.3 is 24.9 Å². The van der Waals surface area contributed by atoms with Gasteiger partial charge in [0.1, 0.15) is 18.5 Å². The maximum absolute atomic E-state index is 13.2. The molecule has 0 saturated carbocycles. The predicted octanol–water partition coefficient (Wildman–Crippen LogP) is 5.33. The van der Waals surface area contributed by atoms with Gasteiger partial charge in [-0.15, -0.1) is 0 Å². The van der Waals surface area contributed by atoms with Crippen LogP contribution < -0.4 is 14.8 Å². The number of carboxylic acid groups (broad SMARTS) is 1. The van der Waals surface area contributed by atoms with Crippen molar-refractivity contribution in [3.63, 3.8) is 0 Å². The summed E-state index contributed by atoms with van der Waals surface area (Å²) in [5, 5.41) is 14.2. The van der Waals surface area contributed by atoms with Crippen LogP contribution >= 0.6 is 11.6 Å². The van der Waals surface area contributed by atoms with Crippen LogP contribution in [-0.4, -0.2) is 29.2 Å². The van der Waals surface area contributed by atoms with Crippen LogP contribution in [0.1, 0.15) is 16.7 Å². The molecule has 3 N–H and O–H groups in total. The van der Waals surface area contributed by atoms with E-state index in [-0.39, 0.29) is 11.6 Å². The maximum atomic E-state index is 13.2. The minimum atomic E-state index is -0.923. The number of ether oxygens (including phenoxy) is 2. The van der Waals surface area contributed by atoms with Gasteiger partial charge in [-0.25, -0.2) is 4.39 Å². The number of aromatic amines is 1. The molecule has 1 heterocycles. The van der Waals surface area contributed by atoms with Crippen molar-refractivity contribution in [2.24, 2.45) is 0 Å². The lowest BCUT2D eigenvalue weighted by atomic mass is 10.0. The summed E-state index contributed by atoms with van der Waals surface area (Å²) in [5.74, 6) is -0.331. The Labute approximate surface area is 201 Å². The molecule has 0 spiro atoms. The number of benzene rings is 3. The standard InChI is InChI=1S/C26H24ClFN2O4/c1-33-25-10-16(6-9-24(25)34-15-17-7-8-19(28)12-21(17)27)13-29-23(26(31)32)11-18-14-30-22-5-3-2-4-20(18)22/h2-10,12,14,23,29-30H,11,13,15H2,1H3,(H,31,32). The lowest BCUT2D eigenvalue weighted by molar-refractivity contribution is -0.139. The van der Waals surface area contributed by atoms with Crippen LogP contribution in [0.3, 0.4) is 0 Å². The van der Waals surface area contributed by atoms with Crippen molar-refractivity contribution in [3.05, 3.63) is 94.4 Å². The summed E-state index contributed by atoms with van der Waals surface area (Å²) in [7, 11) is 1.53. The van der Waals surface area contributed by atoms with Gasteiger partial charge in [0.25, 0.3) is 0 Å². The lowest BCUT2D eigenvalue weighted by Gasteiger charge is -2.16. The van der Waals surface area contributed by atoms with Gasteiger partial charge in [-0.1, -0.05) is 41.9 Å². The molecular formula is C26H24ClFN2O4. The zero-order chi connectivity index (χ0) is 24.1. The minimum absolute atomic E-state index is 0.152. The predicted molar refractivity (Wildman–Crippen MR) is 129 cm³/mol. The zero-order valence-electron chi connectivity index (χ0n) is 18.5. The van der Waals surface area contributed by atoms with Gasteiger partial charge in [0, 0.05) is 35.6 Å². The molecule has 0 aliphatic heterocycles. The summed E-state index contributed by atoms with van der Waals surface area (Å²) in [4.78, 5) is 15.1. The Bertz CT molecular complexity index is 1310. The maximum Gasteiger partial charge on any atom is 0.321 e. The van der Waals surface area contributed by atoms with Crippen molar-refractivity contribution < 1.29 is 23.8 Å². The number of aliphatic carboxylic acids is 1. The van der Waals surface area contributed by atoms with Crippen molar-refractivity contribution in [3.8, 4) is 11.5 Å². The Kier molecular flexibility index (Phi) is 7.35. The summed E-state index contributed by atoms with van der Waals surface area (Å²) in [6.45, 7) is 0.485. The summed E-state index contributed by atoms with van der Waals surface area (Å²) in [6, 6.07) is 16.6. The summed E-state index contributed by atoms with van der Waals surface area (Å²) in [5.41, 5.74) is 3.41. The van der Waals surface area contributed by atoms with E-state index in [9.17, 15) is 14.3 Å². The number of methoxy groups -OCH3 is 1. The molecule has 0 radical (unpaired) electrons. The smallest absolute Gasteiger partial charge is 0.321 e. The third-order valence-electron chi connectivity index (χ3n) is 5.58. The van der Waals surface area contributed by atoms with E-state index in [1.807, 2.05) is 36.5 Å². The van der Waals surface area contributed by atoms with E-state index >= 15 is 0 Å². The van der Waals surface area contributed by atoms with Crippen molar-refractivity contribution in [1.29, 1.82) is 0 Å². The second kappa shape index (κ2) is 10.6. The van der Waals surface area contributed by atoms with Gasteiger partial charge in [0.2, 0.25) is 0 Å². The van der Waals surface area contributed by atoms with E-state index in [4.69, 9.17) is 21.1 Å². The highest BCUT2D eigenvalue weighted by molar-refractivity contribution is 6.31. The van der Waals surface area contributed by atoms with Gasteiger partial charge in [0.15, 0.2) is 11.5 Å². The quantitative estimate of drug-likeness (QED) is 0.284. The number of para-hydroxylation sites is 1. The molecule has 176 valence electrons. The van der Waals surface area contributed by atoms with Crippen LogP contribution in [0.15, 0.2) is 66.9 Å². The van der Waals surface area contributed by atoms with Gasteiger partial charge in [-0.05, 0) is 41.5 Å². The third-order valence-corrected chi connectivity index (χ3v) is 5.93. The van der Waals surface area contributed by atoms with Crippen LogP contribution in [-0.2, 0) is 24.4 Å². The fraction of sp³-hybridized carbons (Fsp3) is 0.192. The number of nitrogens with one attached hydrogen (secondary N) is 2. The van der Waals surface area contributed by atoms with Crippen LogP contribution in [0, 0.1) is 5.82 Å². The van der Waals surface area contributed by atoms with Crippen LogP contribution in [0.2, 0.25) is 5.02 Å². The Morgan fingerprint density at radius 1 is 1.12 bits per heavy atom. The summed E-state index contributed by atoms with van der Waals surface area (Å²) < 4.78 is 24.5. The van der Waals surface area contributed by atoms with E-state index in [0.717, 1.165) is 22.0 Å². The number of hydrogen-bond acceptors (Lipinski definition) is 4. The van der Waals surface area contributed by atoms with E-state index in [0.29, 0.717) is 30.0 Å². The highest BCUT2D eigenvalue weighted by Crippen LogP contribution is 2.30. The van der Waals surface area contributed by atoms with Gasteiger partial charge in [-0.3, -0.25) is 4.79 Å². The topological polar surface area (TPSA) is 83.6 Å². The highest BCUT2D eigenvalue weighted by Gasteiger charge is 2.19. The van der Waals surface area contributed by atoms with Crippen LogP contribution in [0.4, 0.5) is 4.39 Å². The monoisotopic (exact) mass is 482 g/mol. The fourth-order valence-corrected chi connectivity index (χ4v) is 3.97. The Morgan fingerprint density at radius 3 is 2.71 bits per heavy atom. The Balaban J connectivity index is 1.41. The van der Waals surface area contributed by atoms with Gasteiger partial charge >= 0.3 is 5.97 Å². The Hall–Kier alpha value is -3.55. The fourth-order valence-electron chi connectivity index (χ4n) is 3.74. The number of fused-ring (bicyclic) bond motifs is 1. The van der Waals surface area contributed by atoms with E-state index < -0.39 is 17.8 Å². The van der Waals surface area contributed by atoms with Crippen LogP contribution in [0.5, 0.6) is 11.5 Å². The third kappa shape index (κ3) is 5.50. The summed E-state index contributed by atoms with van der Waals surface area (Å²) in [6.07, 6.45) is 2.20. The number of halogens is 2. The molecule has 0 amide bonds. The van der Waals surface area contributed by atoms with E-state index in [2.05, 4.69) is 10.3 Å². The van der Waals surface area contributed by atoms with Crippen LogP contribution in [0.25, 0.3) is 10.9 Å². The first kappa shape index (κ1) is 23.6. The number of hydrogen-bond donors (Lipinski definition) is 3. The number of rotatable bonds is 10. The van der Waals surface area contributed by atoms with Crippen molar-refractivity contribution in [2.45, 2.75) is 25.6 Å². The molecule has 0 fully saturated rings. The summed E-state index contributed by atoms with van der Waals surface area (Å²) >= 11 is 6.06. The van der Waals surface area contributed by atoms with Gasteiger partial charge in [0.05, 0.1) is 12.1 Å². The Morgan fingerprint density at radius 2 is 1.94 bits per heavy atom. The van der Waals surface area contributed by atoms with Crippen molar-refractivity contribution >= 4 is 28.5 Å². The molecule has 0 aliphatic carbocycles. The largest absolute Gasteiger partial charge is 0.493 e. The first-order chi connectivity index (χ1) is 16.4. The molecule has 4 aromatic rings. The molecule has 8 heteroatoms. The average molecular weight is 483 g/mol. The lowest BCUT2D eigenvalue weighted by Crippen LogP contribution is -2.38. The highest BCUT2D eigenvalue weighted by atomic mass is 35.5. The zero-order valence-corrected chi connectivity index (χ0v) is 19.2. The molecule has 1 atom stereocenters.